The maximum Gasteiger partial charge on any atom is 0.490 e. The van der Waals surface area contributed by atoms with Crippen LogP contribution in [-0.2, 0) is 9.59 Å². The van der Waals surface area contributed by atoms with E-state index in [9.17, 15) is 18.0 Å². The van der Waals surface area contributed by atoms with Gasteiger partial charge in [-0.1, -0.05) is 6.08 Å². The highest BCUT2D eigenvalue weighted by molar-refractivity contribution is 5.74. The van der Waals surface area contributed by atoms with Crippen molar-refractivity contribution >= 4 is 11.9 Å². The van der Waals surface area contributed by atoms with E-state index in [1.807, 2.05) is 24.1 Å². The van der Waals surface area contributed by atoms with Gasteiger partial charge in [0.05, 0.1) is 0 Å². The molecule has 8 heteroatoms. The molecule has 1 unspecified atom stereocenters. The fourth-order valence-corrected chi connectivity index (χ4v) is 1.42. The Hall–Kier alpha value is -1.73. The number of halogens is 3. The molecule has 1 saturated heterocycles. The number of carbonyl (C=O) groups is 2. The van der Waals surface area contributed by atoms with Gasteiger partial charge in [-0.2, -0.15) is 13.2 Å². The standard InChI is InChI=1S/C8H13NO2.C2HF3O2/c1-2-5-9-6-3-4-7(9)8(10)11;3-2(4,5)1(6)7/h2,5,7H,3-4,6H2,1H3,(H,10,11);(H,6,7)/b5-2-;. The number of carboxylic acids is 2. The SMILES string of the molecule is C/C=C\N1CCCC1C(=O)O.O=C(O)C(F)(F)F. The van der Waals surface area contributed by atoms with Crippen LogP contribution in [0.1, 0.15) is 19.8 Å². The lowest BCUT2D eigenvalue weighted by molar-refractivity contribution is -0.192. The zero-order valence-corrected chi connectivity index (χ0v) is 9.65. The van der Waals surface area contributed by atoms with Gasteiger partial charge >= 0.3 is 18.1 Å². The first-order chi connectivity index (χ1) is 8.20. The van der Waals surface area contributed by atoms with Crippen molar-refractivity contribution in [3.8, 4) is 0 Å². The van der Waals surface area contributed by atoms with Crippen LogP contribution in [0.2, 0.25) is 0 Å². The van der Waals surface area contributed by atoms with Gasteiger partial charge in [0.25, 0.3) is 0 Å². The molecule has 1 aliphatic heterocycles. The molecule has 18 heavy (non-hydrogen) atoms. The lowest BCUT2D eigenvalue weighted by atomic mass is 10.2. The highest BCUT2D eigenvalue weighted by atomic mass is 19.4. The van der Waals surface area contributed by atoms with Gasteiger partial charge in [-0.25, -0.2) is 9.59 Å². The number of nitrogens with zero attached hydrogens (tertiary/aromatic N) is 1. The smallest absolute Gasteiger partial charge is 0.480 e. The second-order valence-corrected chi connectivity index (χ2v) is 3.52. The van der Waals surface area contributed by atoms with Crippen molar-refractivity contribution in [1.82, 2.24) is 4.90 Å². The largest absolute Gasteiger partial charge is 0.490 e. The van der Waals surface area contributed by atoms with E-state index < -0.39 is 18.1 Å². The van der Waals surface area contributed by atoms with Crippen LogP contribution in [0.5, 0.6) is 0 Å². The molecular weight excluding hydrogens is 255 g/mol. The molecule has 0 saturated carbocycles. The molecule has 1 fully saturated rings. The van der Waals surface area contributed by atoms with Crippen LogP contribution < -0.4 is 0 Å². The second-order valence-electron chi connectivity index (χ2n) is 3.52. The predicted octanol–water partition coefficient (Wildman–Crippen LogP) is 1.70. The third kappa shape index (κ3) is 5.55. The summed E-state index contributed by atoms with van der Waals surface area (Å²) in [6.07, 6.45) is 0.411. The first-order valence-corrected chi connectivity index (χ1v) is 5.11. The summed E-state index contributed by atoms with van der Waals surface area (Å²) in [5.74, 6) is -3.46. The lowest BCUT2D eigenvalue weighted by Crippen LogP contribution is -2.31. The molecule has 2 N–H and O–H groups in total. The zero-order valence-electron chi connectivity index (χ0n) is 9.65. The van der Waals surface area contributed by atoms with Crippen molar-refractivity contribution in [3.63, 3.8) is 0 Å². The Kier molecular flexibility index (Phi) is 6.21. The van der Waals surface area contributed by atoms with Crippen LogP contribution in [-0.4, -0.2) is 45.8 Å². The molecule has 1 aliphatic rings. The molecule has 0 bridgehead atoms. The molecule has 104 valence electrons. The predicted molar refractivity (Wildman–Crippen MR) is 55.9 cm³/mol. The van der Waals surface area contributed by atoms with Gasteiger partial charge in [-0.3, -0.25) is 0 Å². The van der Waals surface area contributed by atoms with Crippen molar-refractivity contribution in [2.45, 2.75) is 32.0 Å². The van der Waals surface area contributed by atoms with Crippen LogP contribution in [0.25, 0.3) is 0 Å². The molecule has 0 aromatic rings. The Bertz CT molecular complexity index is 328. The number of hydrogen-bond donors (Lipinski definition) is 2. The number of hydrogen-bond acceptors (Lipinski definition) is 3. The molecule has 1 atom stereocenters. The Morgan fingerprint density at radius 3 is 2.17 bits per heavy atom. The molecule has 0 radical (unpaired) electrons. The monoisotopic (exact) mass is 269 g/mol. The van der Waals surface area contributed by atoms with Crippen LogP contribution >= 0.6 is 0 Å². The summed E-state index contributed by atoms with van der Waals surface area (Å²) in [7, 11) is 0. The summed E-state index contributed by atoms with van der Waals surface area (Å²) < 4.78 is 31.7. The maximum absolute atomic E-state index is 10.6. The molecule has 0 amide bonds. The van der Waals surface area contributed by atoms with Crippen LogP contribution in [0, 0.1) is 0 Å². The van der Waals surface area contributed by atoms with Crippen LogP contribution in [0.15, 0.2) is 12.3 Å². The third-order valence-corrected chi connectivity index (χ3v) is 2.16. The highest BCUT2D eigenvalue weighted by Crippen LogP contribution is 2.17. The summed E-state index contributed by atoms with van der Waals surface area (Å²) in [4.78, 5) is 21.4. The fraction of sp³-hybridized carbons (Fsp3) is 0.600. The molecule has 0 aromatic heterocycles. The quantitative estimate of drug-likeness (QED) is 0.797. The first kappa shape index (κ1) is 16.3. The second kappa shape index (κ2) is 6.87. The van der Waals surface area contributed by atoms with Crippen molar-refractivity contribution in [1.29, 1.82) is 0 Å². The highest BCUT2D eigenvalue weighted by Gasteiger charge is 2.38. The van der Waals surface area contributed by atoms with Gasteiger partial charge in [-0.05, 0) is 26.0 Å². The Morgan fingerprint density at radius 2 is 1.83 bits per heavy atom. The van der Waals surface area contributed by atoms with Gasteiger partial charge in [0.1, 0.15) is 6.04 Å². The van der Waals surface area contributed by atoms with E-state index in [0.717, 1.165) is 19.4 Å². The molecule has 0 aromatic carbocycles. The van der Waals surface area contributed by atoms with E-state index in [-0.39, 0.29) is 6.04 Å². The van der Waals surface area contributed by atoms with E-state index in [2.05, 4.69) is 0 Å². The number of alkyl halides is 3. The van der Waals surface area contributed by atoms with Crippen molar-refractivity contribution in [2.75, 3.05) is 6.54 Å². The van der Waals surface area contributed by atoms with Crippen molar-refractivity contribution in [2.24, 2.45) is 0 Å². The van der Waals surface area contributed by atoms with Crippen molar-refractivity contribution < 1.29 is 33.0 Å². The minimum atomic E-state index is -5.08. The van der Waals surface area contributed by atoms with E-state index >= 15 is 0 Å². The Morgan fingerprint density at radius 1 is 1.33 bits per heavy atom. The van der Waals surface area contributed by atoms with E-state index in [1.165, 1.54) is 0 Å². The topological polar surface area (TPSA) is 77.8 Å². The molecule has 5 nitrogen and oxygen atoms in total. The minimum absolute atomic E-state index is 0.286. The third-order valence-electron chi connectivity index (χ3n) is 2.16. The van der Waals surface area contributed by atoms with Crippen LogP contribution in [0.3, 0.4) is 0 Å². The average molecular weight is 269 g/mol. The zero-order chi connectivity index (χ0) is 14.3. The summed E-state index contributed by atoms with van der Waals surface area (Å²) in [6.45, 7) is 2.78. The lowest BCUT2D eigenvalue weighted by Gasteiger charge is -2.17. The minimum Gasteiger partial charge on any atom is -0.480 e. The van der Waals surface area contributed by atoms with Gasteiger partial charge in [0, 0.05) is 6.54 Å². The molecular formula is C10H14F3NO4. The molecule has 0 spiro atoms. The van der Waals surface area contributed by atoms with Crippen LogP contribution in [0.4, 0.5) is 13.2 Å². The van der Waals surface area contributed by atoms with Gasteiger partial charge in [0.15, 0.2) is 0 Å². The van der Waals surface area contributed by atoms with Crippen molar-refractivity contribution in [3.05, 3.63) is 12.3 Å². The molecule has 1 heterocycles. The first-order valence-electron chi connectivity index (χ1n) is 5.11. The summed E-state index contributed by atoms with van der Waals surface area (Å²) in [5.41, 5.74) is 0. The maximum atomic E-state index is 10.6. The number of allylic oxidation sites excluding steroid dienone is 1. The van der Waals surface area contributed by atoms with Gasteiger partial charge in [0.2, 0.25) is 0 Å². The fourth-order valence-electron chi connectivity index (χ4n) is 1.42. The molecule has 0 aliphatic carbocycles. The normalized spacial score (nSPS) is 19.6. The van der Waals surface area contributed by atoms with E-state index in [1.54, 1.807) is 0 Å². The summed E-state index contributed by atoms with van der Waals surface area (Å²) in [5, 5.41) is 15.9. The average Bonchev–Trinajstić information content (AvgIpc) is 2.66. The Balaban J connectivity index is 0.000000360. The summed E-state index contributed by atoms with van der Waals surface area (Å²) >= 11 is 0. The number of carboxylic acid groups (broad SMARTS) is 2. The number of rotatable bonds is 2. The number of likely N-dealkylation sites (tertiary alicyclic amines) is 1. The van der Waals surface area contributed by atoms with Gasteiger partial charge in [-0.15, -0.1) is 0 Å². The van der Waals surface area contributed by atoms with Gasteiger partial charge < -0.3 is 15.1 Å². The number of aliphatic carboxylic acids is 2. The summed E-state index contributed by atoms with van der Waals surface area (Å²) in [6, 6.07) is -0.286. The molecule has 1 rings (SSSR count). The Labute approximate surface area is 102 Å². The van der Waals surface area contributed by atoms with E-state index in [0.29, 0.717) is 0 Å². The van der Waals surface area contributed by atoms with E-state index in [4.69, 9.17) is 15.0 Å².